The van der Waals surface area contributed by atoms with Crippen LogP contribution in [0.3, 0.4) is 0 Å². The Bertz CT molecular complexity index is 515. The average molecular weight is 317 g/mol. The normalized spacial score (nSPS) is 25.8. The van der Waals surface area contributed by atoms with Crippen molar-refractivity contribution in [2.75, 3.05) is 50.7 Å². The number of anilines is 1. The standard InChI is InChI=1S/C17H27N5O/c1-14-10-15(11-18)12-22(14)17(23)13-20-6-8-21(9-7-20)16-4-2-3-5-19-16/h2-5,14-15H,6-13,18H2,1H3. The highest BCUT2D eigenvalue weighted by Crippen LogP contribution is 2.22. The minimum Gasteiger partial charge on any atom is -0.354 e. The molecule has 2 atom stereocenters. The lowest BCUT2D eigenvalue weighted by molar-refractivity contribution is -0.133. The number of rotatable bonds is 4. The largest absolute Gasteiger partial charge is 0.354 e. The molecule has 0 aliphatic carbocycles. The molecule has 2 aliphatic heterocycles. The molecule has 6 nitrogen and oxygen atoms in total. The van der Waals surface area contributed by atoms with Gasteiger partial charge in [0, 0.05) is 45.0 Å². The molecule has 1 amide bonds. The lowest BCUT2D eigenvalue weighted by atomic mass is 10.1. The van der Waals surface area contributed by atoms with Crippen LogP contribution >= 0.6 is 0 Å². The number of hydrogen-bond donors (Lipinski definition) is 1. The Morgan fingerprint density at radius 2 is 2.09 bits per heavy atom. The van der Waals surface area contributed by atoms with Gasteiger partial charge < -0.3 is 15.5 Å². The fourth-order valence-electron chi connectivity index (χ4n) is 3.62. The number of pyridine rings is 1. The Hall–Kier alpha value is -1.66. The average Bonchev–Trinajstić information content (AvgIpc) is 2.97. The van der Waals surface area contributed by atoms with Crippen LogP contribution in [0.1, 0.15) is 13.3 Å². The lowest BCUT2D eigenvalue weighted by Gasteiger charge is -2.36. The van der Waals surface area contributed by atoms with E-state index < -0.39 is 0 Å². The van der Waals surface area contributed by atoms with Gasteiger partial charge in [0.25, 0.3) is 0 Å². The summed E-state index contributed by atoms with van der Waals surface area (Å²) in [6.45, 7) is 7.82. The van der Waals surface area contributed by atoms with E-state index in [9.17, 15) is 4.79 Å². The molecule has 2 unspecified atom stereocenters. The molecule has 3 rings (SSSR count). The first kappa shape index (κ1) is 16.2. The van der Waals surface area contributed by atoms with Crippen LogP contribution in [0.25, 0.3) is 0 Å². The summed E-state index contributed by atoms with van der Waals surface area (Å²) in [5.41, 5.74) is 5.75. The molecule has 1 aromatic rings. The fourth-order valence-corrected chi connectivity index (χ4v) is 3.62. The highest BCUT2D eigenvalue weighted by molar-refractivity contribution is 5.79. The van der Waals surface area contributed by atoms with Crippen molar-refractivity contribution in [1.82, 2.24) is 14.8 Å². The Kier molecular flexibility index (Phi) is 5.13. The van der Waals surface area contributed by atoms with Crippen molar-refractivity contribution < 1.29 is 4.79 Å². The van der Waals surface area contributed by atoms with Crippen molar-refractivity contribution in [3.63, 3.8) is 0 Å². The quantitative estimate of drug-likeness (QED) is 0.871. The van der Waals surface area contributed by atoms with Crippen LogP contribution < -0.4 is 10.6 Å². The van der Waals surface area contributed by atoms with Gasteiger partial charge in [-0.3, -0.25) is 9.69 Å². The van der Waals surface area contributed by atoms with Gasteiger partial charge >= 0.3 is 0 Å². The van der Waals surface area contributed by atoms with E-state index in [4.69, 9.17) is 5.73 Å². The molecule has 126 valence electrons. The SMILES string of the molecule is CC1CC(CN)CN1C(=O)CN1CCN(c2ccccn2)CC1. The monoisotopic (exact) mass is 317 g/mol. The Labute approximate surface area is 138 Å². The van der Waals surface area contributed by atoms with E-state index in [-0.39, 0.29) is 5.91 Å². The second-order valence-electron chi connectivity index (χ2n) is 6.68. The topological polar surface area (TPSA) is 65.7 Å². The molecule has 0 saturated carbocycles. The van der Waals surface area contributed by atoms with Gasteiger partial charge in [-0.25, -0.2) is 4.98 Å². The summed E-state index contributed by atoms with van der Waals surface area (Å²) in [5, 5.41) is 0. The number of amides is 1. The van der Waals surface area contributed by atoms with Crippen LogP contribution in [0.4, 0.5) is 5.82 Å². The van der Waals surface area contributed by atoms with E-state index >= 15 is 0 Å². The van der Waals surface area contributed by atoms with Gasteiger partial charge in [-0.05, 0) is 37.9 Å². The maximum Gasteiger partial charge on any atom is 0.237 e. The molecule has 6 heteroatoms. The number of hydrogen-bond acceptors (Lipinski definition) is 5. The minimum atomic E-state index is 0.250. The molecule has 0 spiro atoms. The molecule has 0 radical (unpaired) electrons. The molecule has 2 N–H and O–H groups in total. The highest BCUT2D eigenvalue weighted by Gasteiger charge is 2.32. The molecule has 0 bridgehead atoms. The van der Waals surface area contributed by atoms with Crippen molar-refractivity contribution in [1.29, 1.82) is 0 Å². The van der Waals surface area contributed by atoms with E-state index in [0.717, 1.165) is 45.0 Å². The third kappa shape index (κ3) is 3.82. The van der Waals surface area contributed by atoms with Crippen LogP contribution in [0.2, 0.25) is 0 Å². The Morgan fingerprint density at radius 1 is 1.30 bits per heavy atom. The van der Waals surface area contributed by atoms with Gasteiger partial charge in [-0.2, -0.15) is 0 Å². The van der Waals surface area contributed by atoms with E-state index in [1.807, 2.05) is 29.3 Å². The summed E-state index contributed by atoms with van der Waals surface area (Å²) in [6.07, 6.45) is 2.86. The second kappa shape index (κ2) is 7.27. The van der Waals surface area contributed by atoms with E-state index in [0.29, 0.717) is 25.0 Å². The first-order valence-electron chi connectivity index (χ1n) is 8.55. The van der Waals surface area contributed by atoms with Gasteiger partial charge in [-0.1, -0.05) is 6.07 Å². The fraction of sp³-hybridized carbons (Fsp3) is 0.647. The van der Waals surface area contributed by atoms with Gasteiger partial charge in [-0.15, -0.1) is 0 Å². The van der Waals surface area contributed by atoms with E-state index in [1.54, 1.807) is 0 Å². The van der Waals surface area contributed by atoms with Crippen LogP contribution in [0, 0.1) is 5.92 Å². The number of likely N-dealkylation sites (tertiary alicyclic amines) is 1. The Balaban J connectivity index is 1.48. The van der Waals surface area contributed by atoms with Gasteiger partial charge in [0.15, 0.2) is 0 Å². The smallest absolute Gasteiger partial charge is 0.237 e. The summed E-state index contributed by atoms with van der Waals surface area (Å²) in [6, 6.07) is 6.32. The zero-order valence-corrected chi connectivity index (χ0v) is 13.9. The first-order valence-corrected chi connectivity index (χ1v) is 8.55. The summed E-state index contributed by atoms with van der Waals surface area (Å²) in [7, 11) is 0. The molecule has 2 aliphatic rings. The number of piperazine rings is 1. The molecule has 2 fully saturated rings. The molecular weight excluding hydrogens is 290 g/mol. The van der Waals surface area contributed by atoms with Crippen molar-refractivity contribution in [3.05, 3.63) is 24.4 Å². The lowest BCUT2D eigenvalue weighted by Crippen LogP contribution is -2.50. The number of carbonyl (C=O) groups is 1. The molecule has 1 aromatic heterocycles. The third-order valence-corrected chi connectivity index (χ3v) is 5.02. The van der Waals surface area contributed by atoms with Crippen molar-refractivity contribution >= 4 is 11.7 Å². The first-order chi connectivity index (χ1) is 11.2. The number of nitrogens with two attached hydrogens (primary N) is 1. The van der Waals surface area contributed by atoms with Crippen LogP contribution in [-0.4, -0.2) is 72.5 Å². The molecule has 2 saturated heterocycles. The van der Waals surface area contributed by atoms with Crippen molar-refractivity contribution in [2.24, 2.45) is 11.7 Å². The predicted octanol–water partition coefficient (Wildman–Crippen LogP) is 0.399. The predicted molar refractivity (Wildman–Crippen MR) is 91.2 cm³/mol. The van der Waals surface area contributed by atoms with Gasteiger partial charge in [0.1, 0.15) is 5.82 Å². The van der Waals surface area contributed by atoms with Crippen molar-refractivity contribution in [3.8, 4) is 0 Å². The Morgan fingerprint density at radius 3 is 2.70 bits per heavy atom. The second-order valence-corrected chi connectivity index (χ2v) is 6.68. The zero-order valence-electron chi connectivity index (χ0n) is 13.9. The molecule has 3 heterocycles. The summed E-state index contributed by atoms with van der Waals surface area (Å²) in [5.74, 6) is 1.74. The highest BCUT2D eigenvalue weighted by atomic mass is 16.2. The maximum atomic E-state index is 12.6. The van der Waals surface area contributed by atoms with Crippen LogP contribution in [0.5, 0.6) is 0 Å². The summed E-state index contributed by atoms with van der Waals surface area (Å²) < 4.78 is 0. The maximum absolute atomic E-state index is 12.6. The molecule has 0 aromatic carbocycles. The van der Waals surface area contributed by atoms with Gasteiger partial charge in [0.05, 0.1) is 6.54 Å². The number of carbonyl (C=O) groups excluding carboxylic acids is 1. The zero-order chi connectivity index (χ0) is 16.2. The number of aromatic nitrogens is 1. The molecular formula is C17H27N5O. The summed E-state index contributed by atoms with van der Waals surface area (Å²) >= 11 is 0. The molecule has 23 heavy (non-hydrogen) atoms. The number of nitrogens with zero attached hydrogens (tertiary/aromatic N) is 4. The van der Waals surface area contributed by atoms with E-state index in [2.05, 4.69) is 21.7 Å². The van der Waals surface area contributed by atoms with Gasteiger partial charge in [0.2, 0.25) is 5.91 Å². The van der Waals surface area contributed by atoms with Crippen LogP contribution in [0.15, 0.2) is 24.4 Å². The van der Waals surface area contributed by atoms with Crippen molar-refractivity contribution in [2.45, 2.75) is 19.4 Å². The third-order valence-electron chi connectivity index (χ3n) is 5.02. The van der Waals surface area contributed by atoms with E-state index in [1.165, 1.54) is 0 Å². The summed E-state index contributed by atoms with van der Waals surface area (Å²) in [4.78, 5) is 23.5. The van der Waals surface area contributed by atoms with Crippen LogP contribution in [-0.2, 0) is 4.79 Å². The minimum absolute atomic E-state index is 0.250.